The third-order valence-corrected chi connectivity index (χ3v) is 8.17. The number of fused-ring (bicyclic) bond motifs is 11. The summed E-state index contributed by atoms with van der Waals surface area (Å²) < 4.78 is 8.80. The summed E-state index contributed by atoms with van der Waals surface area (Å²) in [6.45, 7) is 0. The molecule has 182 valence electrons. The molecule has 2 aromatic heterocycles. The molecule has 0 bridgehead atoms. The highest BCUT2D eigenvalue weighted by molar-refractivity contribution is 6.73. The van der Waals surface area contributed by atoms with Crippen LogP contribution in [0.1, 0.15) is 0 Å². The van der Waals surface area contributed by atoms with E-state index in [9.17, 15) is 0 Å². The van der Waals surface area contributed by atoms with E-state index < -0.39 is 0 Å². The minimum Gasteiger partial charge on any atom is -0.455 e. The van der Waals surface area contributed by atoms with Crippen LogP contribution in [-0.2, 0) is 0 Å². The van der Waals surface area contributed by atoms with Crippen molar-refractivity contribution >= 4 is 51.8 Å². The Morgan fingerprint density at radius 3 is 2.28 bits per heavy atom. The Kier molecular flexibility index (Phi) is 4.11. The van der Waals surface area contributed by atoms with Gasteiger partial charge in [-0.15, -0.1) is 0 Å². The molecule has 0 saturated heterocycles. The average Bonchev–Trinajstić information content (AvgIpc) is 3.71. The molecular formula is C34H22BN3O. The average molecular weight is 499 g/mol. The number of rotatable bonds is 2. The van der Waals surface area contributed by atoms with Crippen LogP contribution in [0.3, 0.4) is 0 Å². The lowest BCUT2D eigenvalue weighted by molar-refractivity contribution is 0.670. The van der Waals surface area contributed by atoms with E-state index in [0.29, 0.717) is 0 Å². The van der Waals surface area contributed by atoms with Crippen molar-refractivity contribution in [2.24, 2.45) is 0 Å². The number of nitrogens with zero attached hydrogens (tertiary/aromatic N) is 3. The summed E-state index contributed by atoms with van der Waals surface area (Å²) in [7, 11) is -0.0421. The van der Waals surface area contributed by atoms with Gasteiger partial charge < -0.3 is 18.5 Å². The summed E-state index contributed by atoms with van der Waals surface area (Å²) in [6, 6.07) is 45.3. The van der Waals surface area contributed by atoms with E-state index in [-0.39, 0.29) is 7.12 Å². The molecule has 7 aromatic rings. The molecule has 0 amide bonds. The number of benzene rings is 5. The SMILES string of the molecule is c1ccc(N2B3N(c4ccccc4-c4cccn43)c3cc(-c4cccc5c4oc4ccccc45)ccc32)cc1. The van der Waals surface area contributed by atoms with Crippen molar-refractivity contribution < 1.29 is 4.42 Å². The largest absolute Gasteiger partial charge is 0.518 e. The van der Waals surface area contributed by atoms with Crippen LogP contribution in [0.5, 0.6) is 0 Å². The van der Waals surface area contributed by atoms with Gasteiger partial charge in [-0.1, -0.05) is 78.9 Å². The molecule has 0 spiro atoms. The maximum absolute atomic E-state index is 6.42. The number of furan rings is 1. The first-order valence-electron chi connectivity index (χ1n) is 13.3. The summed E-state index contributed by atoms with van der Waals surface area (Å²) in [5.41, 5.74) is 11.3. The first kappa shape index (κ1) is 20.9. The normalized spacial score (nSPS) is 13.5. The van der Waals surface area contributed by atoms with Crippen molar-refractivity contribution in [2.45, 2.75) is 0 Å². The Bertz CT molecular complexity index is 2060. The van der Waals surface area contributed by atoms with Crippen LogP contribution in [0, 0.1) is 0 Å². The van der Waals surface area contributed by atoms with Crippen LogP contribution in [0.25, 0.3) is 44.3 Å². The summed E-state index contributed by atoms with van der Waals surface area (Å²) in [4.78, 5) is 4.92. The van der Waals surface area contributed by atoms with E-state index in [0.717, 1.165) is 38.8 Å². The maximum atomic E-state index is 6.42. The predicted octanol–water partition coefficient (Wildman–Crippen LogP) is 8.86. The van der Waals surface area contributed by atoms with E-state index in [4.69, 9.17) is 4.42 Å². The lowest BCUT2D eigenvalue weighted by atomic mass is 9.82. The quantitative estimate of drug-likeness (QED) is 0.222. The molecule has 39 heavy (non-hydrogen) atoms. The highest BCUT2D eigenvalue weighted by Gasteiger charge is 2.48. The van der Waals surface area contributed by atoms with Gasteiger partial charge in [0, 0.05) is 39.0 Å². The van der Waals surface area contributed by atoms with Gasteiger partial charge in [0.1, 0.15) is 11.2 Å². The Morgan fingerprint density at radius 1 is 0.538 bits per heavy atom. The highest BCUT2D eigenvalue weighted by Crippen LogP contribution is 2.53. The minimum absolute atomic E-state index is 0.0421. The molecule has 0 unspecified atom stereocenters. The molecule has 0 aliphatic carbocycles. The molecule has 0 N–H and O–H groups in total. The zero-order valence-corrected chi connectivity index (χ0v) is 21.0. The second-order valence-corrected chi connectivity index (χ2v) is 10.2. The molecule has 2 aliphatic heterocycles. The number of para-hydroxylation sites is 4. The smallest absolute Gasteiger partial charge is 0.455 e. The van der Waals surface area contributed by atoms with Crippen molar-refractivity contribution in [3.05, 3.63) is 134 Å². The molecule has 4 heterocycles. The highest BCUT2D eigenvalue weighted by atomic mass is 16.3. The molecule has 0 saturated carbocycles. The second-order valence-electron chi connectivity index (χ2n) is 10.2. The van der Waals surface area contributed by atoms with Crippen LogP contribution >= 0.6 is 0 Å². The van der Waals surface area contributed by atoms with Gasteiger partial charge in [0.2, 0.25) is 0 Å². The number of hydrogen-bond acceptors (Lipinski definition) is 3. The monoisotopic (exact) mass is 499 g/mol. The Labute approximate surface area is 226 Å². The molecule has 9 rings (SSSR count). The number of anilines is 4. The minimum atomic E-state index is -0.0421. The van der Waals surface area contributed by atoms with E-state index in [1.165, 1.54) is 28.3 Å². The zero-order valence-electron chi connectivity index (χ0n) is 21.0. The standard InChI is InChI=1S/C34H22BN3O/c1-2-10-24(11-3-1)37-31-20-19-23(25-14-8-15-27-26-12-5-7-18-33(26)39-34(25)27)22-32(31)38-30-16-6-4-13-28(30)29-17-9-21-36(29)35(37)38/h1-22H. The summed E-state index contributed by atoms with van der Waals surface area (Å²) in [5.74, 6) is 0. The topological polar surface area (TPSA) is 24.6 Å². The summed E-state index contributed by atoms with van der Waals surface area (Å²) >= 11 is 0. The summed E-state index contributed by atoms with van der Waals surface area (Å²) in [5, 5.41) is 2.30. The van der Waals surface area contributed by atoms with Gasteiger partial charge in [0.25, 0.3) is 0 Å². The van der Waals surface area contributed by atoms with Gasteiger partial charge in [-0.25, -0.2) is 0 Å². The lowest BCUT2D eigenvalue weighted by Crippen LogP contribution is -2.51. The van der Waals surface area contributed by atoms with E-state index in [1.807, 2.05) is 12.1 Å². The van der Waals surface area contributed by atoms with Crippen molar-refractivity contribution in [1.29, 1.82) is 0 Å². The number of aromatic nitrogens is 1. The third kappa shape index (κ3) is 2.79. The molecule has 0 atom stereocenters. The van der Waals surface area contributed by atoms with Crippen LogP contribution in [0.2, 0.25) is 0 Å². The van der Waals surface area contributed by atoms with Crippen LogP contribution in [0.4, 0.5) is 22.7 Å². The van der Waals surface area contributed by atoms with Crippen molar-refractivity contribution in [3.63, 3.8) is 0 Å². The zero-order chi connectivity index (χ0) is 25.5. The van der Waals surface area contributed by atoms with Gasteiger partial charge in [-0.2, -0.15) is 0 Å². The van der Waals surface area contributed by atoms with Gasteiger partial charge in [-0.05, 0) is 60.3 Å². The second kappa shape index (κ2) is 7.68. The Morgan fingerprint density at radius 2 is 1.33 bits per heavy atom. The molecule has 2 aliphatic rings. The fourth-order valence-electron chi connectivity index (χ4n) is 6.51. The fraction of sp³-hybridized carbons (Fsp3) is 0. The number of hydrogen-bond donors (Lipinski definition) is 0. The van der Waals surface area contributed by atoms with Gasteiger partial charge in [-0.3, -0.25) is 0 Å². The first-order valence-corrected chi connectivity index (χ1v) is 13.3. The van der Waals surface area contributed by atoms with Gasteiger partial charge in [0.05, 0.1) is 11.4 Å². The van der Waals surface area contributed by atoms with E-state index in [2.05, 4.69) is 136 Å². The van der Waals surface area contributed by atoms with Crippen molar-refractivity contribution in [2.75, 3.05) is 9.62 Å². The molecule has 4 nitrogen and oxygen atoms in total. The molecule has 0 radical (unpaired) electrons. The molecular weight excluding hydrogens is 477 g/mol. The van der Waals surface area contributed by atoms with Gasteiger partial charge in [0.15, 0.2) is 0 Å². The van der Waals surface area contributed by atoms with Gasteiger partial charge >= 0.3 is 7.12 Å². The predicted molar refractivity (Wildman–Crippen MR) is 161 cm³/mol. The van der Waals surface area contributed by atoms with Crippen LogP contribution < -0.4 is 9.62 Å². The van der Waals surface area contributed by atoms with E-state index in [1.54, 1.807) is 0 Å². The van der Waals surface area contributed by atoms with Crippen LogP contribution in [-0.4, -0.2) is 11.6 Å². The molecule has 0 fully saturated rings. The Balaban J connectivity index is 1.31. The van der Waals surface area contributed by atoms with Crippen molar-refractivity contribution in [1.82, 2.24) is 4.48 Å². The Hall–Kier alpha value is -5.16. The van der Waals surface area contributed by atoms with Crippen LogP contribution in [0.15, 0.2) is 138 Å². The molecule has 5 heteroatoms. The van der Waals surface area contributed by atoms with E-state index >= 15 is 0 Å². The lowest BCUT2D eigenvalue weighted by Gasteiger charge is -2.36. The molecule has 5 aromatic carbocycles. The first-order chi connectivity index (χ1) is 19.4. The maximum Gasteiger partial charge on any atom is 0.518 e. The summed E-state index contributed by atoms with van der Waals surface area (Å²) in [6.07, 6.45) is 2.20. The third-order valence-electron chi connectivity index (χ3n) is 8.17. The fourth-order valence-corrected chi connectivity index (χ4v) is 6.51. The van der Waals surface area contributed by atoms with Crippen molar-refractivity contribution in [3.8, 4) is 22.4 Å².